The maximum Gasteiger partial charge on any atom is 0.264 e. The third kappa shape index (κ3) is 8.22. The van der Waals surface area contributed by atoms with Gasteiger partial charge in [0.05, 0.1) is 20.6 Å². The van der Waals surface area contributed by atoms with Crippen molar-refractivity contribution < 1.29 is 18.0 Å². The Labute approximate surface area is 247 Å². The van der Waals surface area contributed by atoms with Gasteiger partial charge in [-0.1, -0.05) is 85.1 Å². The first kappa shape index (κ1) is 31.5. The molecule has 7 nitrogen and oxygen atoms in total. The van der Waals surface area contributed by atoms with Gasteiger partial charge < -0.3 is 10.2 Å². The Bertz CT molecular complexity index is 1410. The van der Waals surface area contributed by atoms with Gasteiger partial charge in [-0.3, -0.25) is 13.9 Å². The van der Waals surface area contributed by atoms with E-state index < -0.39 is 28.5 Å². The molecule has 0 radical (unpaired) electrons. The second-order valence-electron chi connectivity index (χ2n) is 10.1. The summed E-state index contributed by atoms with van der Waals surface area (Å²) in [6.45, 7) is 7.61. The summed E-state index contributed by atoms with van der Waals surface area (Å²) in [5.74, 6) is -0.600. The van der Waals surface area contributed by atoms with Crippen LogP contribution in [0.4, 0.5) is 5.69 Å². The maximum atomic E-state index is 13.9. The van der Waals surface area contributed by atoms with Crippen LogP contribution in [0, 0.1) is 12.8 Å². The molecule has 10 heteroatoms. The van der Waals surface area contributed by atoms with Gasteiger partial charge in [-0.15, -0.1) is 0 Å². The quantitative estimate of drug-likeness (QED) is 0.286. The lowest BCUT2D eigenvalue weighted by atomic mass is 10.1. The lowest BCUT2D eigenvalue weighted by Crippen LogP contribution is -2.52. The van der Waals surface area contributed by atoms with Gasteiger partial charge in [-0.25, -0.2) is 8.42 Å². The first-order valence-corrected chi connectivity index (χ1v) is 15.2. The molecule has 3 aromatic rings. The zero-order valence-corrected chi connectivity index (χ0v) is 25.4. The number of nitrogens with zero attached hydrogens (tertiary/aromatic N) is 2. The summed E-state index contributed by atoms with van der Waals surface area (Å²) in [6, 6.07) is 19.5. The van der Waals surface area contributed by atoms with Crippen molar-refractivity contribution in [3.8, 4) is 0 Å². The SMILES string of the molecule is Cc1ccc(S(=O)(=O)N(CC(=O)N(CCc2ccccc2)[C@H](C)C(=O)NCC(C)C)c2ccc(Cl)c(Cl)c2)cc1. The normalized spacial score (nSPS) is 12.2. The molecule has 0 aliphatic carbocycles. The molecule has 0 aliphatic rings. The van der Waals surface area contributed by atoms with Crippen LogP contribution in [-0.2, 0) is 26.0 Å². The third-order valence-electron chi connectivity index (χ3n) is 6.42. The van der Waals surface area contributed by atoms with Crippen LogP contribution in [0.5, 0.6) is 0 Å². The number of aryl methyl sites for hydroxylation is 1. The van der Waals surface area contributed by atoms with Crippen LogP contribution in [0.3, 0.4) is 0 Å². The highest BCUT2D eigenvalue weighted by Gasteiger charge is 2.32. The molecule has 2 amide bonds. The standard InChI is InChI=1S/C30H35Cl2N3O4S/c1-21(2)19-33-30(37)23(4)34(17-16-24-8-6-5-7-9-24)29(36)20-35(25-12-15-27(31)28(32)18-25)40(38,39)26-13-10-22(3)11-14-26/h5-15,18,21,23H,16-17,19-20H2,1-4H3,(H,33,37)/t23-/m1/s1. The minimum absolute atomic E-state index is 0.0236. The highest BCUT2D eigenvalue weighted by molar-refractivity contribution is 7.92. The van der Waals surface area contributed by atoms with Gasteiger partial charge in [0, 0.05) is 13.1 Å². The number of sulfonamides is 1. The van der Waals surface area contributed by atoms with Crippen molar-refractivity contribution in [3.05, 3.63) is 94.0 Å². The Morgan fingerprint density at radius 3 is 2.15 bits per heavy atom. The highest BCUT2D eigenvalue weighted by atomic mass is 35.5. The fraction of sp³-hybridized carbons (Fsp3) is 0.333. The average molecular weight is 605 g/mol. The summed E-state index contributed by atoms with van der Waals surface area (Å²) >= 11 is 12.3. The van der Waals surface area contributed by atoms with Gasteiger partial charge >= 0.3 is 0 Å². The minimum atomic E-state index is -4.18. The van der Waals surface area contributed by atoms with E-state index in [1.54, 1.807) is 19.1 Å². The second kappa shape index (κ2) is 14.0. The molecule has 3 rings (SSSR count). The van der Waals surface area contributed by atoms with Crippen molar-refractivity contribution in [2.75, 3.05) is 23.9 Å². The molecule has 40 heavy (non-hydrogen) atoms. The van der Waals surface area contributed by atoms with Crippen LogP contribution in [0.2, 0.25) is 10.0 Å². The van der Waals surface area contributed by atoms with Gasteiger partial charge in [0.1, 0.15) is 12.6 Å². The summed E-state index contributed by atoms with van der Waals surface area (Å²) in [5.41, 5.74) is 2.07. The van der Waals surface area contributed by atoms with Crippen LogP contribution < -0.4 is 9.62 Å². The Balaban J connectivity index is 1.98. The van der Waals surface area contributed by atoms with E-state index in [1.165, 1.54) is 35.2 Å². The predicted octanol–water partition coefficient (Wildman–Crippen LogP) is 5.73. The molecular weight excluding hydrogens is 569 g/mol. The van der Waals surface area contributed by atoms with Gasteiger partial charge in [-0.2, -0.15) is 0 Å². The van der Waals surface area contributed by atoms with E-state index in [0.29, 0.717) is 13.0 Å². The molecule has 0 saturated heterocycles. The average Bonchev–Trinajstić information content (AvgIpc) is 2.92. The number of anilines is 1. The molecule has 0 aromatic heterocycles. The van der Waals surface area contributed by atoms with E-state index in [4.69, 9.17) is 23.2 Å². The number of halogens is 2. The molecule has 0 heterocycles. The fourth-order valence-electron chi connectivity index (χ4n) is 4.03. The largest absolute Gasteiger partial charge is 0.354 e. The van der Waals surface area contributed by atoms with Crippen molar-refractivity contribution in [2.24, 2.45) is 5.92 Å². The number of hydrogen-bond acceptors (Lipinski definition) is 4. The van der Waals surface area contributed by atoms with Crippen LogP contribution in [0.1, 0.15) is 31.9 Å². The highest BCUT2D eigenvalue weighted by Crippen LogP contribution is 2.31. The Kier molecular flexibility index (Phi) is 11.0. The minimum Gasteiger partial charge on any atom is -0.354 e. The van der Waals surface area contributed by atoms with Gasteiger partial charge in [0.25, 0.3) is 10.0 Å². The number of rotatable bonds is 12. The van der Waals surface area contributed by atoms with E-state index in [0.717, 1.165) is 15.4 Å². The molecule has 0 unspecified atom stereocenters. The van der Waals surface area contributed by atoms with E-state index in [-0.39, 0.29) is 39.0 Å². The number of amides is 2. The Hall–Kier alpha value is -3.07. The first-order valence-electron chi connectivity index (χ1n) is 13.1. The van der Waals surface area contributed by atoms with Crippen molar-refractivity contribution in [2.45, 2.75) is 45.1 Å². The van der Waals surface area contributed by atoms with Crippen LogP contribution >= 0.6 is 23.2 Å². The van der Waals surface area contributed by atoms with Gasteiger partial charge in [0.2, 0.25) is 11.8 Å². The smallest absolute Gasteiger partial charge is 0.264 e. The van der Waals surface area contributed by atoms with Crippen molar-refractivity contribution in [1.82, 2.24) is 10.2 Å². The topological polar surface area (TPSA) is 86.8 Å². The van der Waals surface area contributed by atoms with Gasteiger partial charge in [-0.05, 0) is 62.1 Å². The first-order chi connectivity index (χ1) is 18.9. The third-order valence-corrected chi connectivity index (χ3v) is 8.94. The Morgan fingerprint density at radius 2 is 1.55 bits per heavy atom. The summed E-state index contributed by atoms with van der Waals surface area (Å²) in [5, 5.41) is 3.28. The number of benzene rings is 3. The van der Waals surface area contributed by atoms with E-state index >= 15 is 0 Å². The fourth-order valence-corrected chi connectivity index (χ4v) is 5.73. The zero-order chi connectivity index (χ0) is 29.4. The Morgan fingerprint density at radius 1 is 0.900 bits per heavy atom. The van der Waals surface area contributed by atoms with Crippen LogP contribution in [0.25, 0.3) is 0 Å². The molecule has 3 aromatic carbocycles. The lowest BCUT2D eigenvalue weighted by molar-refractivity contribution is -0.138. The number of carbonyl (C=O) groups is 2. The molecule has 1 N–H and O–H groups in total. The van der Waals surface area contributed by atoms with E-state index in [1.807, 2.05) is 51.1 Å². The van der Waals surface area contributed by atoms with E-state index in [2.05, 4.69) is 5.32 Å². The second-order valence-corrected chi connectivity index (χ2v) is 12.7. The molecule has 0 spiro atoms. The van der Waals surface area contributed by atoms with Gasteiger partial charge in [0.15, 0.2) is 0 Å². The molecule has 0 bridgehead atoms. The predicted molar refractivity (Wildman–Crippen MR) is 161 cm³/mol. The molecule has 0 aliphatic heterocycles. The number of nitrogens with one attached hydrogen (secondary N) is 1. The molecule has 214 valence electrons. The van der Waals surface area contributed by atoms with Crippen LogP contribution in [-0.4, -0.2) is 50.8 Å². The van der Waals surface area contributed by atoms with Crippen molar-refractivity contribution in [3.63, 3.8) is 0 Å². The summed E-state index contributed by atoms with van der Waals surface area (Å²) in [6.07, 6.45) is 0.492. The van der Waals surface area contributed by atoms with Crippen molar-refractivity contribution in [1.29, 1.82) is 0 Å². The van der Waals surface area contributed by atoms with Crippen molar-refractivity contribution >= 4 is 50.7 Å². The molecule has 1 atom stereocenters. The van der Waals surface area contributed by atoms with Crippen LogP contribution in [0.15, 0.2) is 77.7 Å². The lowest BCUT2D eigenvalue weighted by Gasteiger charge is -2.32. The summed E-state index contributed by atoms with van der Waals surface area (Å²) < 4.78 is 28.7. The van der Waals surface area contributed by atoms with E-state index in [9.17, 15) is 18.0 Å². The summed E-state index contributed by atoms with van der Waals surface area (Å²) in [4.78, 5) is 28.4. The monoisotopic (exact) mass is 603 g/mol. The molecule has 0 fully saturated rings. The molecule has 0 saturated carbocycles. The molecular formula is C30H35Cl2N3O4S. The number of carbonyl (C=O) groups excluding carboxylic acids is 2. The number of hydrogen-bond donors (Lipinski definition) is 1. The maximum absolute atomic E-state index is 13.9. The summed E-state index contributed by atoms with van der Waals surface area (Å²) in [7, 11) is -4.18. The zero-order valence-electron chi connectivity index (χ0n) is 23.1.